The Balaban J connectivity index is 0. The Morgan fingerprint density at radius 1 is 1.62 bits per heavy atom. The van der Waals surface area contributed by atoms with Crippen LogP contribution < -0.4 is 0 Å². The molecule has 0 saturated carbocycles. The summed E-state index contributed by atoms with van der Waals surface area (Å²) in [6.07, 6.45) is 0. The monoisotopic (exact) mass is 182 g/mol. The van der Waals surface area contributed by atoms with Crippen molar-refractivity contribution in [3.8, 4) is 0 Å². The Labute approximate surface area is 58.3 Å². The van der Waals surface area contributed by atoms with Crippen LogP contribution in [0.4, 0.5) is 0 Å². The van der Waals surface area contributed by atoms with Crippen molar-refractivity contribution in [2.75, 3.05) is 11.9 Å². The molecule has 0 heterocycles. The van der Waals surface area contributed by atoms with Crippen molar-refractivity contribution in [2.45, 2.75) is 13.8 Å². The molecule has 0 aromatic rings. The second kappa shape index (κ2) is 15.8. The zero-order chi connectivity index (χ0) is 6.83. The first-order valence-corrected chi connectivity index (χ1v) is 3.65. The molecule has 0 aliphatic carbocycles. The number of rotatable bonds is 3. The van der Waals surface area contributed by atoms with E-state index in [-0.39, 0.29) is 0 Å². The molecule has 0 saturated heterocycles. The molecule has 0 fully saturated rings. The predicted octanol–water partition coefficient (Wildman–Crippen LogP) is 1.58. The lowest BCUT2D eigenvalue weighted by atomic mass is 10.9. The summed E-state index contributed by atoms with van der Waals surface area (Å²) in [6.45, 7) is 4.89. The summed E-state index contributed by atoms with van der Waals surface area (Å²) in [5, 5.41) is 0.714. The number of hydrogen-bond donors (Lipinski definition) is 0. The summed E-state index contributed by atoms with van der Waals surface area (Å²) >= 11 is 3.07. The molecule has 3 heteroatoms. The van der Waals surface area contributed by atoms with Gasteiger partial charge in [-0.1, -0.05) is 29.8 Å². The highest BCUT2D eigenvalue weighted by Gasteiger charge is 1.73. The SMILES string of the molecule is CC.O=COCCBr. The molecule has 0 aromatic heterocycles. The highest BCUT2D eigenvalue weighted by atomic mass is 79.9. The summed E-state index contributed by atoms with van der Waals surface area (Å²) in [4.78, 5) is 9.32. The van der Waals surface area contributed by atoms with Crippen LogP contribution in [0.2, 0.25) is 0 Å². The molecular weight excluding hydrogens is 172 g/mol. The molecule has 8 heavy (non-hydrogen) atoms. The number of ether oxygens (including phenoxy) is 1. The average Bonchev–Trinajstić information content (AvgIpc) is 1.88. The minimum Gasteiger partial charge on any atom is -0.467 e. The fourth-order valence-corrected chi connectivity index (χ4v) is 0.280. The third kappa shape index (κ3) is 16.8. The maximum atomic E-state index is 9.32. The first-order chi connectivity index (χ1) is 3.91. The summed E-state index contributed by atoms with van der Waals surface area (Å²) in [5.41, 5.74) is 0. The van der Waals surface area contributed by atoms with Crippen LogP contribution in [0.25, 0.3) is 0 Å². The van der Waals surface area contributed by atoms with Gasteiger partial charge >= 0.3 is 0 Å². The van der Waals surface area contributed by atoms with Crippen molar-refractivity contribution < 1.29 is 9.53 Å². The van der Waals surface area contributed by atoms with Gasteiger partial charge in [-0.2, -0.15) is 0 Å². The van der Waals surface area contributed by atoms with Crippen LogP contribution in [-0.4, -0.2) is 18.4 Å². The molecule has 0 N–H and O–H groups in total. The van der Waals surface area contributed by atoms with Crippen LogP contribution in [0, 0.1) is 0 Å². The first kappa shape index (κ1) is 10.8. The normalized spacial score (nSPS) is 6.38. The number of carbonyl (C=O) groups is 1. The number of alkyl halides is 1. The third-order valence-electron chi connectivity index (χ3n) is 0.263. The Morgan fingerprint density at radius 2 is 2.12 bits per heavy atom. The minimum absolute atomic E-state index is 0.432. The number of carbonyl (C=O) groups excluding carboxylic acids is 1. The van der Waals surface area contributed by atoms with Crippen LogP contribution in [0.3, 0.4) is 0 Å². The van der Waals surface area contributed by atoms with Crippen LogP contribution in [0.5, 0.6) is 0 Å². The van der Waals surface area contributed by atoms with Gasteiger partial charge in [0, 0.05) is 5.33 Å². The Hall–Kier alpha value is -0.0500. The van der Waals surface area contributed by atoms with Crippen molar-refractivity contribution in [3.05, 3.63) is 0 Å². The van der Waals surface area contributed by atoms with Gasteiger partial charge in [-0.3, -0.25) is 4.79 Å². The molecule has 0 rings (SSSR count). The van der Waals surface area contributed by atoms with Crippen molar-refractivity contribution in [2.24, 2.45) is 0 Å². The molecule has 0 aliphatic rings. The Kier molecular flexibility index (Phi) is 21.4. The topological polar surface area (TPSA) is 26.3 Å². The summed E-state index contributed by atoms with van der Waals surface area (Å²) in [5.74, 6) is 0. The fourth-order valence-electron chi connectivity index (χ4n) is 0.0927. The quantitative estimate of drug-likeness (QED) is 0.377. The molecular formula is C5H11BrO2. The van der Waals surface area contributed by atoms with E-state index in [1.54, 1.807) is 0 Å². The third-order valence-corrected chi connectivity index (χ3v) is 0.587. The summed E-state index contributed by atoms with van der Waals surface area (Å²) in [7, 11) is 0. The Bertz CT molecular complexity index is 39.4. The highest BCUT2D eigenvalue weighted by Crippen LogP contribution is 1.76. The second-order valence-corrected chi connectivity index (χ2v) is 1.45. The van der Waals surface area contributed by atoms with E-state index in [1.807, 2.05) is 13.8 Å². The van der Waals surface area contributed by atoms with Gasteiger partial charge in [0.2, 0.25) is 0 Å². The van der Waals surface area contributed by atoms with Gasteiger partial charge in [0.25, 0.3) is 6.47 Å². The van der Waals surface area contributed by atoms with E-state index < -0.39 is 0 Å². The van der Waals surface area contributed by atoms with Gasteiger partial charge in [-0.25, -0.2) is 0 Å². The molecule has 2 nitrogen and oxygen atoms in total. The highest BCUT2D eigenvalue weighted by molar-refractivity contribution is 9.09. The summed E-state index contributed by atoms with van der Waals surface area (Å²) < 4.78 is 4.26. The van der Waals surface area contributed by atoms with Gasteiger partial charge < -0.3 is 4.74 Å². The van der Waals surface area contributed by atoms with Gasteiger partial charge in [-0.15, -0.1) is 0 Å². The standard InChI is InChI=1S/C3H5BrO2.C2H6/c4-1-2-6-3-5;1-2/h3H,1-2H2;1-2H3. The fraction of sp³-hybridized carbons (Fsp3) is 0.800. The summed E-state index contributed by atoms with van der Waals surface area (Å²) in [6, 6.07) is 0. The Morgan fingerprint density at radius 3 is 2.25 bits per heavy atom. The van der Waals surface area contributed by atoms with Crippen molar-refractivity contribution in [1.29, 1.82) is 0 Å². The van der Waals surface area contributed by atoms with E-state index in [0.717, 1.165) is 0 Å². The lowest BCUT2D eigenvalue weighted by Crippen LogP contribution is -1.89. The van der Waals surface area contributed by atoms with E-state index in [2.05, 4.69) is 20.7 Å². The molecule has 0 unspecified atom stereocenters. The molecule has 0 aliphatic heterocycles. The molecule has 0 amide bonds. The smallest absolute Gasteiger partial charge is 0.293 e. The molecule has 0 atom stereocenters. The second-order valence-electron chi connectivity index (χ2n) is 0.656. The lowest BCUT2D eigenvalue weighted by molar-refractivity contribution is -0.128. The largest absolute Gasteiger partial charge is 0.467 e. The molecule has 0 radical (unpaired) electrons. The minimum atomic E-state index is 0.432. The van der Waals surface area contributed by atoms with Crippen LogP contribution >= 0.6 is 15.9 Å². The van der Waals surface area contributed by atoms with Crippen LogP contribution in [-0.2, 0) is 9.53 Å². The molecule has 0 bridgehead atoms. The lowest BCUT2D eigenvalue weighted by Gasteiger charge is -1.85. The van der Waals surface area contributed by atoms with Gasteiger partial charge in [-0.05, 0) is 0 Å². The maximum Gasteiger partial charge on any atom is 0.293 e. The molecule has 50 valence electrons. The maximum absolute atomic E-state index is 9.32. The van der Waals surface area contributed by atoms with E-state index in [9.17, 15) is 4.79 Å². The van der Waals surface area contributed by atoms with Gasteiger partial charge in [0.1, 0.15) is 6.61 Å². The molecule has 0 spiro atoms. The van der Waals surface area contributed by atoms with E-state index >= 15 is 0 Å². The first-order valence-electron chi connectivity index (χ1n) is 2.53. The van der Waals surface area contributed by atoms with Crippen LogP contribution in [0.15, 0.2) is 0 Å². The number of hydrogen-bond acceptors (Lipinski definition) is 2. The van der Waals surface area contributed by atoms with E-state index in [4.69, 9.17) is 0 Å². The van der Waals surface area contributed by atoms with Crippen molar-refractivity contribution >= 4 is 22.4 Å². The predicted molar refractivity (Wildman–Crippen MR) is 37.2 cm³/mol. The van der Waals surface area contributed by atoms with Crippen molar-refractivity contribution in [3.63, 3.8) is 0 Å². The zero-order valence-electron chi connectivity index (χ0n) is 5.19. The van der Waals surface area contributed by atoms with E-state index in [0.29, 0.717) is 18.4 Å². The van der Waals surface area contributed by atoms with Crippen molar-refractivity contribution in [1.82, 2.24) is 0 Å². The number of halogens is 1. The van der Waals surface area contributed by atoms with Gasteiger partial charge in [0.05, 0.1) is 0 Å². The van der Waals surface area contributed by atoms with Gasteiger partial charge in [0.15, 0.2) is 0 Å². The molecule has 0 aromatic carbocycles. The van der Waals surface area contributed by atoms with Crippen LogP contribution in [0.1, 0.15) is 13.8 Å². The zero-order valence-corrected chi connectivity index (χ0v) is 6.77. The average molecular weight is 183 g/mol. The van der Waals surface area contributed by atoms with E-state index in [1.165, 1.54) is 0 Å².